The van der Waals surface area contributed by atoms with Gasteiger partial charge in [-0.25, -0.2) is 23.4 Å². The zero-order chi connectivity index (χ0) is 32.6. The van der Waals surface area contributed by atoms with Crippen molar-refractivity contribution in [2.75, 3.05) is 18.8 Å². The molecule has 1 aromatic heterocycles. The molecule has 0 spiro atoms. The molecule has 0 saturated carbocycles. The molecular formula is C34H38F3N5O2. The fraction of sp³-hybridized carbons (Fsp3) is 0.265. The zero-order valence-corrected chi connectivity index (χ0v) is 25.2. The van der Waals surface area contributed by atoms with Gasteiger partial charge in [-0.15, -0.1) is 0 Å². The highest BCUT2D eigenvalue weighted by Crippen LogP contribution is 2.32. The van der Waals surface area contributed by atoms with Gasteiger partial charge in [-0.3, -0.25) is 4.79 Å². The minimum atomic E-state index is -1.04. The molecule has 0 aliphatic carbocycles. The predicted molar refractivity (Wildman–Crippen MR) is 168 cm³/mol. The van der Waals surface area contributed by atoms with Crippen molar-refractivity contribution in [3.63, 3.8) is 0 Å². The van der Waals surface area contributed by atoms with Crippen LogP contribution in [0.2, 0.25) is 0 Å². The monoisotopic (exact) mass is 605 g/mol. The minimum absolute atomic E-state index is 0.0305. The molecule has 0 unspecified atom stereocenters. The molecule has 1 fully saturated rings. The Labute approximate surface area is 257 Å². The Morgan fingerprint density at radius 1 is 1.07 bits per heavy atom. The minimum Gasteiger partial charge on any atom is -0.486 e. The Morgan fingerprint density at radius 2 is 1.75 bits per heavy atom. The van der Waals surface area contributed by atoms with Gasteiger partial charge in [-0.1, -0.05) is 44.7 Å². The van der Waals surface area contributed by atoms with Gasteiger partial charge in [0.25, 0.3) is 5.91 Å². The number of nitrogen functional groups attached to an aromatic ring is 1. The van der Waals surface area contributed by atoms with E-state index in [4.69, 9.17) is 15.7 Å². The fourth-order valence-corrected chi connectivity index (χ4v) is 4.50. The number of amides is 1. The summed E-state index contributed by atoms with van der Waals surface area (Å²) in [5.41, 5.74) is 6.72. The van der Waals surface area contributed by atoms with Crippen LogP contribution in [0, 0.1) is 29.3 Å². The third-order valence-electron chi connectivity index (χ3n) is 6.54. The number of nitrogens with zero attached hydrogens (tertiary/aromatic N) is 3. The van der Waals surface area contributed by atoms with Gasteiger partial charge in [-0.05, 0) is 68.7 Å². The molecule has 44 heavy (non-hydrogen) atoms. The zero-order valence-electron chi connectivity index (χ0n) is 25.2. The van der Waals surface area contributed by atoms with E-state index in [1.54, 1.807) is 6.07 Å². The van der Waals surface area contributed by atoms with Gasteiger partial charge in [0.1, 0.15) is 18.2 Å². The van der Waals surface area contributed by atoms with Crippen molar-refractivity contribution in [2.24, 2.45) is 0 Å². The second-order valence-corrected chi connectivity index (χ2v) is 9.25. The van der Waals surface area contributed by atoms with E-state index >= 15 is 4.39 Å². The molecule has 10 heteroatoms. The molecule has 3 N–H and O–H groups in total. The number of benzene rings is 2. The fourth-order valence-electron chi connectivity index (χ4n) is 4.50. The Kier molecular flexibility index (Phi) is 14.2. The first-order valence-corrected chi connectivity index (χ1v) is 14.3. The lowest BCUT2D eigenvalue weighted by atomic mass is 10.1. The lowest BCUT2D eigenvalue weighted by molar-refractivity contribution is 0.0962. The summed E-state index contributed by atoms with van der Waals surface area (Å²) in [6, 6.07) is 10.7. The first-order valence-electron chi connectivity index (χ1n) is 14.3. The molecule has 1 aliphatic rings. The smallest absolute Gasteiger partial charge is 0.276 e. The van der Waals surface area contributed by atoms with E-state index in [1.165, 1.54) is 36.4 Å². The van der Waals surface area contributed by atoms with E-state index in [0.717, 1.165) is 50.2 Å². The van der Waals surface area contributed by atoms with Crippen LogP contribution in [-0.4, -0.2) is 28.9 Å². The van der Waals surface area contributed by atoms with Gasteiger partial charge < -0.3 is 20.7 Å². The SMILES string of the molecule is C#N.C=C/C(NC(=O)c1nc(-c2c(F)ccc(OCc3ccccc3F)c2F)ccc1N)=C(\C=C/C)N1CCCCC1.CC. The van der Waals surface area contributed by atoms with Gasteiger partial charge in [0, 0.05) is 25.2 Å². The largest absolute Gasteiger partial charge is 0.486 e. The molecule has 232 valence electrons. The number of nitrogens with two attached hydrogens (primary N) is 1. The van der Waals surface area contributed by atoms with E-state index in [1.807, 2.05) is 32.9 Å². The highest BCUT2D eigenvalue weighted by Gasteiger charge is 2.22. The van der Waals surface area contributed by atoms with Crippen LogP contribution in [0.15, 0.2) is 84.7 Å². The molecule has 7 nitrogen and oxygen atoms in total. The van der Waals surface area contributed by atoms with Gasteiger partial charge >= 0.3 is 0 Å². The number of carbonyl (C=O) groups excluding carboxylic acids is 1. The number of nitriles is 1. The van der Waals surface area contributed by atoms with Gasteiger partial charge in [0.2, 0.25) is 0 Å². The van der Waals surface area contributed by atoms with Crippen molar-refractivity contribution < 1.29 is 22.7 Å². The number of aromatic nitrogens is 1. The average Bonchev–Trinajstić information content (AvgIpc) is 3.06. The molecule has 2 aromatic carbocycles. The highest BCUT2D eigenvalue weighted by molar-refractivity contribution is 5.99. The number of carbonyl (C=O) groups is 1. The summed E-state index contributed by atoms with van der Waals surface area (Å²) in [5.74, 6) is -3.40. The summed E-state index contributed by atoms with van der Waals surface area (Å²) in [6.45, 7) is 14.7. The molecule has 1 amide bonds. The van der Waals surface area contributed by atoms with Gasteiger partial charge in [-0.2, -0.15) is 0 Å². The first kappa shape index (κ1) is 35.2. The van der Waals surface area contributed by atoms with Crippen molar-refractivity contribution in [3.8, 4) is 23.6 Å². The summed E-state index contributed by atoms with van der Waals surface area (Å²) in [4.78, 5) is 19.7. The Balaban J connectivity index is 0.00000162. The average molecular weight is 606 g/mol. The summed E-state index contributed by atoms with van der Waals surface area (Å²) in [7, 11) is 0. The predicted octanol–water partition coefficient (Wildman–Crippen LogP) is 7.68. The first-order chi connectivity index (χ1) is 21.3. The number of allylic oxidation sites excluding steroid dienone is 3. The number of anilines is 1. The normalized spacial score (nSPS) is 13.0. The van der Waals surface area contributed by atoms with Crippen molar-refractivity contribution in [1.29, 1.82) is 5.26 Å². The maximum atomic E-state index is 15.5. The number of halogens is 3. The number of likely N-dealkylation sites (tertiary alicyclic amines) is 1. The molecule has 2 heterocycles. The maximum absolute atomic E-state index is 15.5. The maximum Gasteiger partial charge on any atom is 0.276 e. The lowest BCUT2D eigenvalue weighted by Gasteiger charge is -2.31. The molecule has 0 atom stereocenters. The number of ether oxygens (including phenoxy) is 1. The molecule has 1 saturated heterocycles. The van der Waals surface area contributed by atoms with Crippen LogP contribution in [0.5, 0.6) is 5.75 Å². The van der Waals surface area contributed by atoms with E-state index in [2.05, 4.69) is 28.4 Å². The number of rotatable bonds is 9. The number of hydrogen-bond donors (Lipinski definition) is 2. The van der Waals surface area contributed by atoms with Gasteiger partial charge in [0.15, 0.2) is 17.3 Å². The number of hydrogen-bond acceptors (Lipinski definition) is 6. The van der Waals surface area contributed by atoms with Crippen molar-refractivity contribution in [2.45, 2.75) is 46.6 Å². The van der Waals surface area contributed by atoms with Crippen LogP contribution in [0.4, 0.5) is 18.9 Å². The summed E-state index contributed by atoms with van der Waals surface area (Å²) in [5, 5.41) is 9.31. The molecular weight excluding hydrogens is 567 g/mol. The number of piperidine rings is 1. The van der Waals surface area contributed by atoms with Crippen LogP contribution in [0.1, 0.15) is 56.1 Å². The lowest BCUT2D eigenvalue weighted by Crippen LogP contribution is -2.33. The third kappa shape index (κ3) is 8.74. The van der Waals surface area contributed by atoms with E-state index in [0.29, 0.717) is 5.70 Å². The number of nitrogens with one attached hydrogen (secondary N) is 1. The second kappa shape index (κ2) is 17.8. The van der Waals surface area contributed by atoms with E-state index in [-0.39, 0.29) is 35.0 Å². The van der Waals surface area contributed by atoms with Crippen LogP contribution >= 0.6 is 0 Å². The molecule has 3 aromatic rings. The van der Waals surface area contributed by atoms with Crippen LogP contribution in [0.3, 0.4) is 0 Å². The summed E-state index contributed by atoms with van der Waals surface area (Å²) in [6.07, 6.45) is 8.53. The van der Waals surface area contributed by atoms with Crippen LogP contribution < -0.4 is 15.8 Å². The van der Waals surface area contributed by atoms with Crippen molar-refractivity contribution in [3.05, 3.63) is 113 Å². The molecule has 4 rings (SSSR count). The number of pyridine rings is 1. The van der Waals surface area contributed by atoms with Crippen LogP contribution in [-0.2, 0) is 6.61 Å². The standard InChI is InChI=1S/C31H31F3N4O2.C2H6.CHN/c1-3-10-26(38-17-8-5-9-18-38)24(4-2)37-31(39)30-23(35)14-15-25(36-30)28-22(33)13-16-27(29(28)34)40-19-20-11-6-7-12-21(20)32;2*1-2/h3-4,6-7,10-16H,2,5,8-9,17-19,35H2,1H3,(H,37,39);1-2H3;1H/b10-3-,26-24-;;. The Hall–Kier alpha value is -5.04. The molecule has 0 radical (unpaired) electrons. The van der Waals surface area contributed by atoms with Crippen LogP contribution in [0.25, 0.3) is 11.3 Å². The topological polar surface area (TPSA) is 104 Å². The van der Waals surface area contributed by atoms with E-state index in [9.17, 15) is 13.6 Å². The van der Waals surface area contributed by atoms with E-state index < -0.39 is 28.9 Å². The van der Waals surface area contributed by atoms with Crippen molar-refractivity contribution >= 4 is 11.6 Å². The Bertz CT molecular complexity index is 1510. The summed E-state index contributed by atoms with van der Waals surface area (Å²) >= 11 is 0. The summed E-state index contributed by atoms with van der Waals surface area (Å²) < 4.78 is 49.7. The second-order valence-electron chi connectivity index (χ2n) is 9.25. The molecule has 0 bridgehead atoms. The van der Waals surface area contributed by atoms with Gasteiger partial charge in [0.05, 0.1) is 28.3 Å². The molecule has 1 aliphatic heterocycles. The third-order valence-corrected chi connectivity index (χ3v) is 6.54. The van der Waals surface area contributed by atoms with Crippen molar-refractivity contribution in [1.82, 2.24) is 15.2 Å². The highest BCUT2D eigenvalue weighted by atomic mass is 19.1. The quantitative estimate of drug-likeness (QED) is 0.243. The Morgan fingerprint density at radius 3 is 2.39 bits per heavy atom.